The fraction of sp³-hybridized carbons (Fsp3) is 0.0500. The summed E-state index contributed by atoms with van der Waals surface area (Å²) >= 11 is 0.869. The van der Waals surface area contributed by atoms with Crippen molar-refractivity contribution >= 4 is 40.1 Å². The van der Waals surface area contributed by atoms with Crippen LogP contribution in [0.2, 0.25) is 0 Å². The molecule has 1 aromatic heterocycles. The summed E-state index contributed by atoms with van der Waals surface area (Å²) in [7, 11) is 0. The van der Waals surface area contributed by atoms with E-state index in [2.05, 4.69) is 5.32 Å². The number of carboxylic acid groups (broad SMARTS) is 1. The Bertz CT molecular complexity index is 1160. The number of aromatic carboxylic acids is 1. The highest BCUT2D eigenvalue weighted by atomic mass is 32.1. The van der Waals surface area contributed by atoms with E-state index in [0.29, 0.717) is 5.56 Å². The Hall–Kier alpha value is -3.59. The highest BCUT2D eigenvalue weighted by Gasteiger charge is 2.25. The SMILES string of the molecule is Cc1ccc(-c2csc(NC(=O)c3cccc(C=N)c3N)c2C(=O)O)c(F)c1F. The van der Waals surface area contributed by atoms with Crippen LogP contribution < -0.4 is 11.1 Å². The molecule has 1 amide bonds. The minimum absolute atomic E-state index is 0.0439. The molecule has 0 radical (unpaired) electrons. The zero-order chi connectivity index (χ0) is 21.3. The molecule has 0 bridgehead atoms. The predicted octanol–water partition coefficient (Wildman–Crippen LogP) is 4.53. The average molecular weight is 415 g/mol. The number of para-hydroxylation sites is 1. The number of carboxylic acids is 1. The van der Waals surface area contributed by atoms with Crippen LogP contribution in [0, 0.1) is 24.0 Å². The molecule has 0 aliphatic carbocycles. The number of thiophene rings is 1. The lowest BCUT2D eigenvalue weighted by molar-refractivity contribution is 0.0699. The summed E-state index contributed by atoms with van der Waals surface area (Å²) < 4.78 is 28.3. The Labute approximate surface area is 168 Å². The van der Waals surface area contributed by atoms with E-state index in [-0.39, 0.29) is 38.5 Å². The molecule has 2 aromatic carbocycles. The number of hydrogen-bond acceptors (Lipinski definition) is 5. The summed E-state index contributed by atoms with van der Waals surface area (Å²) in [5, 5.41) is 20.7. The minimum Gasteiger partial charge on any atom is -0.478 e. The van der Waals surface area contributed by atoms with Gasteiger partial charge in [-0.1, -0.05) is 24.3 Å². The number of carbonyl (C=O) groups is 2. The first-order chi connectivity index (χ1) is 13.8. The summed E-state index contributed by atoms with van der Waals surface area (Å²) in [6.45, 7) is 1.40. The van der Waals surface area contributed by atoms with Gasteiger partial charge in [0.1, 0.15) is 10.6 Å². The Morgan fingerprint density at radius 3 is 2.55 bits per heavy atom. The van der Waals surface area contributed by atoms with Crippen molar-refractivity contribution in [2.24, 2.45) is 0 Å². The number of benzene rings is 2. The van der Waals surface area contributed by atoms with E-state index in [1.807, 2.05) is 0 Å². The number of nitrogens with one attached hydrogen (secondary N) is 2. The fourth-order valence-electron chi connectivity index (χ4n) is 2.79. The molecular formula is C20H15F2N3O3S. The van der Waals surface area contributed by atoms with E-state index >= 15 is 0 Å². The molecule has 0 saturated heterocycles. The molecule has 3 rings (SSSR count). The molecule has 0 saturated carbocycles. The molecule has 0 atom stereocenters. The third-order valence-electron chi connectivity index (χ3n) is 4.34. The molecule has 1 heterocycles. The van der Waals surface area contributed by atoms with Gasteiger partial charge in [-0.2, -0.15) is 0 Å². The van der Waals surface area contributed by atoms with Crippen molar-refractivity contribution in [1.82, 2.24) is 0 Å². The van der Waals surface area contributed by atoms with Crippen molar-refractivity contribution in [1.29, 1.82) is 5.41 Å². The van der Waals surface area contributed by atoms with Gasteiger partial charge in [-0.25, -0.2) is 13.6 Å². The lowest BCUT2D eigenvalue weighted by Gasteiger charge is -2.10. The van der Waals surface area contributed by atoms with Gasteiger partial charge in [0, 0.05) is 28.3 Å². The summed E-state index contributed by atoms with van der Waals surface area (Å²) in [5.41, 5.74) is 5.82. The number of hydrogen-bond donors (Lipinski definition) is 4. The molecular weight excluding hydrogens is 400 g/mol. The molecule has 29 heavy (non-hydrogen) atoms. The van der Waals surface area contributed by atoms with Gasteiger partial charge in [0.25, 0.3) is 5.91 Å². The van der Waals surface area contributed by atoms with Crippen molar-refractivity contribution in [3.8, 4) is 11.1 Å². The van der Waals surface area contributed by atoms with Gasteiger partial charge in [-0.3, -0.25) is 4.79 Å². The standard InChI is InChI=1S/C20H15F2N3O3S/c1-9-5-6-11(16(22)15(9)21)13-8-29-19(14(13)20(27)28)25-18(26)12-4-2-3-10(7-23)17(12)24/h2-8,23H,24H2,1H3,(H,25,26)(H,27,28). The molecule has 3 aromatic rings. The first-order valence-electron chi connectivity index (χ1n) is 8.26. The number of nitrogens with two attached hydrogens (primary N) is 1. The van der Waals surface area contributed by atoms with E-state index in [9.17, 15) is 23.5 Å². The zero-order valence-corrected chi connectivity index (χ0v) is 15.9. The molecule has 9 heteroatoms. The van der Waals surface area contributed by atoms with Crippen LogP contribution in [0.1, 0.15) is 31.8 Å². The molecule has 6 nitrogen and oxygen atoms in total. The first kappa shape index (κ1) is 20.2. The topological polar surface area (TPSA) is 116 Å². The van der Waals surface area contributed by atoms with Crippen LogP contribution in [0.5, 0.6) is 0 Å². The zero-order valence-electron chi connectivity index (χ0n) is 15.0. The van der Waals surface area contributed by atoms with Crippen LogP contribution >= 0.6 is 11.3 Å². The van der Waals surface area contributed by atoms with Gasteiger partial charge in [0.15, 0.2) is 11.6 Å². The van der Waals surface area contributed by atoms with Gasteiger partial charge >= 0.3 is 5.97 Å². The maximum Gasteiger partial charge on any atom is 0.339 e. The molecule has 0 fully saturated rings. The van der Waals surface area contributed by atoms with Crippen LogP contribution in [0.4, 0.5) is 19.5 Å². The number of carbonyl (C=O) groups excluding carboxylic acids is 1. The maximum atomic E-state index is 14.4. The Morgan fingerprint density at radius 1 is 1.17 bits per heavy atom. The number of rotatable bonds is 5. The van der Waals surface area contributed by atoms with Crippen molar-refractivity contribution in [2.45, 2.75) is 6.92 Å². The van der Waals surface area contributed by atoms with Crippen molar-refractivity contribution in [2.75, 3.05) is 11.1 Å². The highest BCUT2D eigenvalue weighted by molar-refractivity contribution is 7.15. The van der Waals surface area contributed by atoms with Crippen molar-refractivity contribution < 1.29 is 23.5 Å². The average Bonchev–Trinajstić information content (AvgIpc) is 3.09. The third-order valence-corrected chi connectivity index (χ3v) is 5.23. The van der Waals surface area contributed by atoms with E-state index in [1.54, 1.807) is 6.07 Å². The molecule has 0 aliphatic heterocycles. The molecule has 0 unspecified atom stereocenters. The minimum atomic E-state index is -1.40. The first-order valence-corrected chi connectivity index (χ1v) is 9.14. The van der Waals surface area contributed by atoms with E-state index < -0.39 is 23.5 Å². The van der Waals surface area contributed by atoms with Gasteiger partial charge < -0.3 is 21.6 Å². The van der Waals surface area contributed by atoms with Crippen LogP contribution in [0.15, 0.2) is 35.7 Å². The molecule has 0 aliphatic rings. The fourth-order valence-corrected chi connectivity index (χ4v) is 3.74. The summed E-state index contributed by atoms with van der Waals surface area (Å²) in [6, 6.07) is 7.16. The molecule has 5 N–H and O–H groups in total. The summed E-state index contributed by atoms with van der Waals surface area (Å²) in [6.07, 6.45) is 0.993. The smallest absolute Gasteiger partial charge is 0.339 e. The maximum absolute atomic E-state index is 14.4. The molecule has 148 valence electrons. The van der Waals surface area contributed by atoms with Crippen LogP contribution in [-0.4, -0.2) is 23.2 Å². The normalized spacial score (nSPS) is 10.6. The van der Waals surface area contributed by atoms with E-state index in [1.165, 1.54) is 36.6 Å². The quantitative estimate of drug-likeness (QED) is 0.362. The largest absolute Gasteiger partial charge is 0.478 e. The van der Waals surface area contributed by atoms with Crippen LogP contribution in [-0.2, 0) is 0 Å². The lowest BCUT2D eigenvalue weighted by Crippen LogP contribution is -2.16. The number of nitrogen functional groups attached to an aromatic ring is 1. The van der Waals surface area contributed by atoms with Gasteiger partial charge in [0.2, 0.25) is 0 Å². The van der Waals surface area contributed by atoms with Gasteiger partial charge in [0.05, 0.1) is 11.3 Å². The van der Waals surface area contributed by atoms with Gasteiger partial charge in [-0.15, -0.1) is 11.3 Å². The van der Waals surface area contributed by atoms with Gasteiger partial charge in [-0.05, 0) is 18.6 Å². The van der Waals surface area contributed by atoms with Crippen LogP contribution in [0.3, 0.4) is 0 Å². The summed E-state index contributed by atoms with van der Waals surface area (Å²) in [4.78, 5) is 24.4. The number of aryl methyl sites for hydroxylation is 1. The van der Waals surface area contributed by atoms with E-state index in [0.717, 1.165) is 17.6 Å². The number of amides is 1. The monoisotopic (exact) mass is 415 g/mol. The number of halogens is 2. The second-order valence-corrected chi connectivity index (χ2v) is 7.00. The summed E-state index contributed by atoms with van der Waals surface area (Å²) in [5.74, 6) is -4.31. The molecule has 0 spiro atoms. The Morgan fingerprint density at radius 2 is 1.90 bits per heavy atom. The Kier molecular flexibility index (Phi) is 5.42. The number of anilines is 2. The highest BCUT2D eigenvalue weighted by Crippen LogP contribution is 2.38. The lowest BCUT2D eigenvalue weighted by atomic mass is 10.0. The third kappa shape index (κ3) is 3.59. The van der Waals surface area contributed by atoms with Crippen molar-refractivity contribution in [3.05, 3.63) is 69.6 Å². The van der Waals surface area contributed by atoms with Crippen molar-refractivity contribution in [3.63, 3.8) is 0 Å². The van der Waals surface area contributed by atoms with E-state index in [4.69, 9.17) is 11.1 Å². The second kappa shape index (κ2) is 7.80. The predicted molar refractivity (Wildman–Crippen MR) is 108 cm³/mol. The van der Waals surface area contributed by atoms with Crippen LogP contribution in [0.25, 0.3) is 11.1 Å². The Balaban J connectivity index is 2.05. The second-order valence-electron chi connectivity index (χ2n) is 6.12.